The molecule has 3 aromatic rings. The van der Waals surface area contributed by atoms with Crippen LogP contribution in [0.5, 0.6) is 0 Å². The fourth-order valence-corrected chi connectivity index (χ4v) is 4.46. The summed E-state index contributed by atoms with van der Waals surface area (Å²) < 4.78 is 7.01. The lowest BCUT2D eigenvalue weighted by Crippen LogP contribution is -2.42. The van der Waals surface area contributed by atoms with Crippen LogP contribution in [0.3, 0.4) is 0 Å². The van der Waals surface area contributed by atoms with Crippen molar-refractivity contribution in [3.05, 3.63) is 40.9 Å². The lowest BCUT2D eigenvalue weighted by atomic mass is 9.69. The molecule has 1 fully saturated rings. The van der Waals surface area contributed by atoms with Crippen molar-refractivity contribution in [3.8, 4) is 0 Å². The molecule has 6 nitrogen and oxygen atoms in total. The average Bonchev–Trinajstić information content (AvgIpc) is 3.10. The highest BCUT2D eigenvalue weighted by Crippen LogP contribution is 2.40. The summed E-state index contributed by atoms with van der Waals surface area (Å²) in [5, 5.41) is 3.91. The van der Waals surface area contributed by atoms with Crippen molar-refractivity contribution in [2.45, 2.75) is 65.5 Å². The van der Waals surface area contributed by atoms with Crippen molar-refractivity contribution in [3.63, 3.8) is 0 Å². The summed E-state index contributed by atoms with van der Waals surface area (Å²) in [6, 6.07) is 7.61. The minimum absolute atomic E-state index is 0.0425. The second-order valence-electron chi connectivity index (χ2n) is 8.91. The number of nitrogens with one attached hydrogen (secondary N) is 1. The van der Waals surface area contributed by atoms with Gasteiger partial charge in [-0.15, -0.1) is 0 Å². The molecule has 1 aromatic carbocycles. The first-order chi connectivity index (χ1) is 13.9. The van der Waals surface area contributed by atoms with E-state index in [1.807, 2.05) is 24.3 Å². The van der Waals surface area contributed by atoms with Gasteiger partial charge in [0.2, 0.25) is 11.5 Å². The predicted molar refractivity (Wildman–Crippen MR) is 114 cm³/mol. The van der Waals surface area contributed by atoms with E-state index in [1.54, 1.807) is 0 Å². The Morgan fingerprint density at radius 1 is 1.24 bits per heavy atom. The van der Waals surface area contributed by atoms with Gasteiger partial charge >= 0.3 is 0 Å². The first-order valence-electron chi connectivity index (χ1n) is 10.5. The number of furan rings is 1. The van der Waals surface area contributed by atoms with Crippen molar-refractivity contribution in [1.29, 1.82) is 0 Å². The number of benzene rings is 1. The first kappa shape index (κ1) is 19.7. The average molecular weight is 396 g/mol. The SMILES string of the molecule is CCC(C)(C)C1CCC(NC(=O)Cn2cnc3c(oc4ccccc43)c2=O)CC1. The highest BCUT2D eigenvalue weighted by atomic mass is 16.3. The summed E-state index contributed by atoms with van der Waals surface area (Å²) in [6.07, 6.45) is 6.88. The van der Waals surface area contributed by atoms with E-state index in [1.165, 1.54) is 17.3 Å². The maximum absolute atomic E-state index is 12.8. The Morgan fingerprint density at radius 3 is 2.69 bits per heavy atom. The molecule has 154 valence electrons. The van der Waals surface area contributed by atoms with Crippen LogP contribution in [-0.2, 0) is 11.3 Å². The van der Waals surface area contributed by atoms with Gasteiger partial charge in [-0.1, -0.05) is 39.3 Å². The molecule has 0 aliphatic heterocycles. The number of para-hydroxylation sites is 1. The molecule has 1 aliphatic carbocycles. The highest BCUT2D eigenvalue weighted by molar-refractivity contribution is 6.01. The molecule has 2 heterocycles. The molecular formula is C23H29N3O3. The molecule has 0 radical (unpaired) electrons. The van der Waals surface area contributed by atoms with Gasteiger partial charge in [-0.2, -0.15) is 0 Å². The van der Waals surface area contributed by atoms with Gasteiger partial charge in [0.25, 0.3) is 5.56 Å². The van der Waals surface area contributed by atoms with Crippen molar-refractivity contribution >= 4 is 28.0 Å². The van der Waals surface area contributed by atoms with Crippen molar-refractivity contribution in [2.24, 2.45) is 11.3 Å². The zero-order valence-electron chi connectivity index (χ0n) is 17.4. The van der Waals surface area contributed by atoms with E-state index in [2.05, 4.69) is 31.1 Å². The van der Waals surface area contributed by atoms with Crippen molar-refractivity contribution in [1.82, 2.24) is 14.9 Å². The minimum atomic E-state index is -0.324. The number of fused-ring (bicyclic) bond motifs is 3. The monoisotopic (exact) mass is 395 g/mol. The number of hydrogen-bond donors (Lipinski definition) is 1. The summed E-state index contributed by atoms with van der Waals surface area (Å²) in [7, 11) is 0. The lowest BCUT2D eigenvalue weighted by molar-refractivity contribution is -0.122. The third-order valence-electron chi connectivity index (χ3n) is 6.77. The van der Waals surface area contributed by atoms with Crippen molar-refractivity contribution in [2.75, 3.05) is 0 Å². The zero-order chi connectivity index (χ0) is 20.6. The molecule has 6 heteroatoms. The van der Waals surface area contributed by atoms with E-state index in [9.17, 15) is 9.59 Å². The number of aromatic nitrogens is 2. The van der Waals surface area contributed by atoms with E-state index in [0.29, 0.717) is 22.4 Å². The molecule has 0 atom stereocenters. The quantitative estimate of drug-likeness (QED) is 0.700. The summed E-state index contributed by atoms with van der Waals surface area (Å²) in [6.45, 7) is 6.88. The second-order valence-corrected chi connectivity index (χ2v) is 8.91. The van der Waals surface area contributed by atoms with Crippen molar-refractivity contribution < 1.29 is 9.21 Å². The molecule has 1 amide bonds. The molecule has 4 rings (SSSR count). The number of carbonyl (C=O) groups excluding carboxylic acids is 1. The van der Waals surface area contributed by atoms with Gasteiger partial charge in [-0.25, -0.2) is 4.98 Å². The number of amides is 1. The van der Waals surface area contributed by atoms with E-state index in [-0.39, 0.29) is 29.6 Å². The summed E-state index contributed by atoms with van der Waals surface area (Å²) in [4.78, 5) is 29.7. The highest BCUT2D eigenvalue weighted by Gasteiger charge is 2.32. The predicted octanol–water partition coefficient (Wildman–Crippen LogP) is 4.25. The Hall–Kier alpha value is -2.63. The summed E-state index contributed by atoms with van der Waals surface area (Å²) in [5.41, 5.74) is 1.40. The number of carbonyl (C=O) groups is 1. The summed E-state index contributed by atoms with van der Waals surface area (Å²) in [5.74, 6) is 0.561. The summed E-state index contributed by atoms with van der Waals surface area (Å²) >= 11 is 0. The molecule has 2 aromatic heterocycles. The second kappa shape index (κ2) is 7.65. The van der Waals surface area contributed by atoms with E-state index >= 15 is 0 Å². The topological polar surface area (TPSA) is 77.1 Å². The smallest absolute Gasteiger partial charge is 0.297 e. The van der Waals surface area contributed by atoms with Gasteiger partial charge in [0.15, 0.2) is 0 Å². The maximum Gasteiger partial charge on any atom is 0.297 e. The van der Waals surface area contributed by atoms with Crippen LogP contribution in [0.2, 0.25) is 0 Å². The lowest BCUT2D eigenvalue weighted by Gasteiger charge is -2.39. The van der Waals surface area contributed by atoms with Crippen LogP contribution in [-0.4, -0.2) is 21.5 Å². The Morgan fingerprint density at radius 2 is 1.97 bits per heavy atom. The number of hydrogen-bond acceptors (Lipinski definition) is 4. The van der Waals surface area contributed by atoms with Gasteiger partial charge in [-0.3, -0.25) is 14.2 Å². The Balaban J connectivity index is 1.43. The largest absolute Gasteiger partial charge is 0.448 e. The maximum atomic E-state index is 12.8. The molecule has 0 spiro atoms. The fraction of sp³-hybridized carbons (Fsp3) is 0.522. The van der Waals surface area contributed by atoms with Crippen LogP contribution in [0.15, 0.2) is 39.8 Å². The number of rotatable bonds is 5. The number of nitrogens with zero attached hydrogens (tertiary/aromatic N) is 2. The van der Waals surface area contributed by atoms with Crippen LogP contribution in [0.25, 0.3) is 22.1 Å². The molecule has 0 unspecified atom stereocenters. The van der Waals surface area contributed by atoms with Gasteiger partial charge in [0, 0.05) is 11.4 Å². The molecule has 29 heavy (non-hydrogen) atoms. The van der Waals surface area contributed by atoms with E-state index in [0.717, 1.165) is 31.1 Å². The van der Waals surface area contributed by atoms with Crippen LogP contribution >= 0.6 is 0 Å². The third-order valence-corrected chi connectivity index (χ3v) is 6.77. The fourth-order valence-electron chi connectivity index (χ4n) is 4.46. The van der Waals surface area contributed by atoms with E-state index in [4.69, 9.17) is 4.42 Å². The Labute approximate surface area is 170 Å². The zero-order valence-corrected chi connectivity index (χ0v) is 17.4. The Bertz CT molecular complexity index is 1090. The molecule has 1 N–H and O–H groups in total. The van der Waals surface area contributed by atoms with Crippen LogP contribution in [0.4, 0.5) is 0 Å². The molecule has 0 bridgehead atoms. The first-order valence-corrected chi connectivity index (χ1v) is 10.5. The van der Waals surface area contributed by atoms with Crippen LogP contribution < -0.4 is 10.9 Å². The van der Waals surface area contributed by atoms with Crippen LogP contribution in [0.1, 0.15) is 52.9 Å². The Kier molecular flexibility index (Phi) is 5.19. The standard InChI is InChI=1S/C23H29N3O3/c1-4-23(2,3)15-9-11-16(12-10-15)25-19(27)13-26-14-24-20-17-7-5-6-8-18(17)29-21(20)22(26)28/h5-8,14-16H,4,9-13H2,1-3H3,(H,25,27). The molecular weight excluding hydrogens is 366 g/mol. The van der Waals surface area contributed by atoms with E-state index < -0.39 is 0 Å². The molecule has 1 saturated carbocycles. The van der Waals surface area contributed by atoms with Gasteiger partial charge in [0.1, 0.15) is 17.6 Å². The molecule has 1 aliphatic rings. The van der Waals surface area contributed by atoms with Gasteiger partial charge in [0.05, 0.1) is 6.33 Å². The third kappa shape index (κ3) is 3.80. The normalized spacial score (nSPS) is 20.2. The van der Waals surface area contributed by atoms with Crippen LogP contribution in [0, 0.1) is 11.3 Å². The minimum Gasteiger partial charge on any atom is -0.448 e. The molecule has 0 saturated heterocycles. The van der Waals surface area contributed by atoms with Gasteiger partial charge < -0.3 is 9.73 Å². The van der Waals surface area contributed by atoms with Gasteiger partial charge in [-0.05, 0) is 49.1 Å².